The van der Waals surface area contributed by atoms with E-state index in [1.807, 2.05) is 68.4 Å². The lowest BCUT2D eigenvalue weighted by Gasteiger charge is -2.10. The van der Waals surface area contributed by atoms with E-state index in [4.69, 9.17) is 0 Å². The number of aromatic amines is 1. The number of rotatable bonds is 4. The fraction of sp³-hybridized carbons (Fsp3) is 0.107. The lowest BCUT2D eigenvalue weighted by atomic mass is 10.1. The summed E-state index contributed by atoms with van der Waals surface area (Å²) in [5, 5.41) is 14.2. The fourth-order valence-electron chi connectivity index (χ4n) is 4.32. The molecule has 0 radical (unpaired) electrons. The first kappa shape index (κ1) is 22.4. The van der Waals surface area contributed by atoms with E-state index in [9.17, 15) is 9.59 Å². The molecule has 3 heterocycles. The molecule has 0 spiro atoms. The molecule has 0 unspecified atom stereocenters. The van der Waals surface area contributed by atoms with Crippen LogP contribution in [-0.2, 0) is 0 Å². The Labute approximate surface area is 211 Å². The molecule has 0 bridgehead atoms. The van der Waals surface area contributed by atoms with Crippen molar-refractivity contribution in [3.63, 3.8) is 0 Å². The Morgan fingerprint density at radius 1 is 0.892 bits per heavy atom. The molecule has 0 aliphatic carbocycles. The summed E-state index contributed by atoms with van der Waals surface area (Å²) in [6.45, 7) is 5.86. The van der Waals surface area contributed by atoms with Crippen LogP contribution in [0.15, 0.2) is 77.7 Å². The highest BCUT2D eigenvalue weighted by atomic mass is 16.2. The van der Waals surface area contributed by atoms with Gasteiger partial charge in [-0.2, -0.15) is 19.9 Å². The van der Waals surface area contributed by atoms with Crippen molar-refractivity contribution in [1.29, 1.82) is 0 Å². The van der Waals surface area contributed by atoms with Gasteiger partial charge in [0.15, 0.2) is 5.65 Å². The summed E-state index contributed by atoms with van der Waals surface area (Å²) in [6.07, 6.45) is 1.50. The number of aryl methyl sites for hydroxylation is 3. The van der Waals surface area contributed by atoms with Gasteiger partial charge in [0.1, 0.15) is 11.2 Å². The Bertz CT molecular complexity index is 1890. The van der Waals surface area contributed by atoms with Crippen LogP contribution >= 0.6 is 0 Å². The van der Waals surface area contributed by atoms with Crippen LogP contribution in [0.25, 0.3) is 33.4 Å². The number of carbonyl (C=O) groups excluding carboxylic acids is 1. The number of anilines is 1. The average Bonchev–Trinajstić information content (AvgIpc) is 3.49. The Morgan fingerprint density at radius 2 is 1.70 bits per heavy atom. The van der Waals surface area contributed by atoms with Gasteiger partial charge in [-0.25, -0.2) is 4.68 Å². The lowest BCUT2D eigenvalue weighted by molar-refractivity contribution is 0.102. The Hall–Kier alpha value is -5.05. The molecule has 2 N–H and O–H groups in total. The third-order valence-corrected chi connectivity index (χ3v) is 6.45. The summed E-state index contributed by atoms with van der Waals surface area (Å²) in [4.78, 5) is 33.5. The molecule has 0 saturated heterocycles. The summed E-state index contributed by atoms with van der Waals surface area (Å²) in [5.74, 6) is 0.260. The summed E-state index contributed by atoms with van der Waals surface area (Å²) >= 11 is 0. The average molecular weight is 490 g/mol. The van der Waals surface area contributed by atoms with Crippen molar-refractivity contribution in [2.24, 2.45) is 0 Å². The van der Waals surface area contributed by atoms with E-state index in [-0.39, 0.29) is 17.4 Å². The highest BCUT2D eigenvalue weighted by molar-refractivity contribution is 6.06. The highest BCUT2D eigenvalue weighted by Gasteiger charge is 2.18. The zero-order chi connectivity index (χ0) is 25.7. The van der Waals surface area contributed by atoms with Crippen LogP contribution in [0.4, 0.5) is 5.82 Å². The minimum Gasteiger partial charge on any atom is -0.306 e. The predicted octanol–water partition coefficient (Wildman–Crippen LogP) is 4.63. The molecular weight excluding hydrogens is 466 g/mol. The SMILES string of the molecule is Cc1cc(NC(=O)c2ccc3ccccc3c2)n(-c2nc3c(cnn3-c3ccc(C)c(C)c3)c(=O)[nH]2)n1. The van der Waals surface area contributed by atoms with Gasteiger partial charge in [0, 0.05) is 11.6 Å². The maximum Gasteiger partial charge on any atom is 0.263 e. The van der Waals surface area contributed by atoms with Crippen molar-refractivity contribution in [2.45, 2.75) is 20.8 Å². The predicted molar refractivity (Wildman–Crippen MR) is 143 cm³/mol. The standard InChI is InChI=1S/C28H23N7O2/c1-16-8-11-22(12-17(16)2)34-25-23(15-29-34)27(37)32-28(31-25)35-24(13-18(3)33-35)30-26(36)21-10-9-19-6-4-5-7-20(19)14-21/h4-15H,1-3H3,(H,30,36)(H,31,32,37). The minimum absolute atomic E-state index is 0.171. The largest absolute Gasteiger partial charge is 0.306 e. The van der Waals surface area contributed by atoms with Crippen molar-refractivity contribution in [2.75, 3.05) is 5.32 Å². The van der Waals surface area contributed by atoms with Gasteiger partial charge in [-0.05, 0) is 66.9 Å². The second kappa shape index (κ2) is 8.56. The molecule has 0 atom stereocenters. The number of aromatic nitrogens is 6. The van der Waals surface area contributed by atoms with Crippen LogP contribution in [-0.4, -0.2) is 35.4 Å². The number of nitrogens with one attached hydrogen (secondary N) is 2. The zero-order valence-corrected chi connectivity index (χ0v) is 20.5. The van der Waals surface area contributed by atoms with Crippen LogP contribution in [0.1, 0.15) is 27.2 Å². The van der Waals surface area contributed by atoms with Gasteiger partial charge in [0.2, 0.25) is 5.95 Å². The molecule has 9 nitrogen and oxygen atoms in total. The molecule has 1 amide bonds. The van der Waals surface area contributed by atoms with Crippen molar-refractivity contribution in [3.05, 3.63) is 106 Å². The van der Waals surface area contributed by atoms with Crippen molar-refractivity contribution in [3.8, 4) is 11.6 Å². The Kier molecular flexibility index (Phi) is 5.19. The molecule has 0 saturated carbocycles. The highest BCUT2D eigenvalue weighted by Crippen LogP contribution is 2.21. The van der Waals surface area contributed by atoms with E-state index < -0.39 is 0 Å². The molecule has 0 aliphatic heterocycles. The van der Waals surface area contributed by atoms with E-state index >= 15 is 0 Å². The van der Waals surface area contributed by atoms with Gasteiger partial charge in [-0.3, -0.25) is 14.6 Å². The van der Waals surface area contributed by atoms with Gasteiger partial charge in [0.05, 0.1) is 17.6 Å². The van der Waals surface area contributed by atoms with E-state index in [0.29, 0.717) is 28.1 Å². The first-order valence-corrected chi connectivity index (χ1v) is 11.8. The van der Waals surface area contributed by atoms with Gasteiger partial charge >= 0.3 is 0 Å². The fourth-order valence-corrected chi connectivity index (χ4v) is 4.32. The summed E-state index contributed by atoms with van der Waals surface area (Å²) < 4.78 is 3.05. The number of amides is 1. The molecule has 6 aromatic rings. The van der Waals surface area contributed by atoms with Crippen molar-refractivity contribution >= 4 is 33.5 Å². The van der Waals surface area contributed by atoms with Gasteiger partial charge in [-0.1, -0.05) is 36.4 Å². The molecule has 37 heavy (non-hydrogen) atoms. The van der Waals surface area contributed by atoms with Gasteiger partial charge < -0.3 is 5.32 Å². The number of hydrogen-bond acceptors (Lipinski definition) is 5. The van der Waals surface area contributed by atoms with E-state index in [1.54, 1.807) is 23.7 Å². The smallest absolute Gasteiger partial charge is 0.263 e. The molecule has 182 valence electrons. The molecular formula is C28H23N7O2. The van der Waals surface area contributed by atoms with Crippen LogP contribution in [0.5, 0.6) is 0 Å². The van der Waals surface area contributed by atoms with Gasteiger partial charge in [0.25, 0.3) is 11.5 Å². The first-order valence-electron chi connectivity index (χ1n) is 11.8. The number of carbonyl (C=O) groups is 1. The van der Waals surface area contributed by atoms with Crippen molar-refractivity contribution in [1.82, 2.24) is 29.5 Å². The maximum atomic E-state index is 13.1. The van der Waals surface area contributed by atoms with Crippen LogP contribution in [0, 0.1) is 20.8 Å². The first-order chi connectivity index (χ1) is 17.9. The molecule has 3 aromatic heterocycles. The topological polar surface area (TPSA) is 110 Å². The molecule has 0 fully saturated rings. The number of benzene rings is 3. The maximum absolute atomic E-state index is 13.1. The normalized spacial score (nSPS) is 11.3. The third kappa shape index (κ3) is 3.96. The molecule has 6 rings (SSSR count). The van der Waals surface area contributed by atoms with E-state index in [1.165, 1.54) is 10.9 Å². The van der Waals surface area contributed by atoms with Crippen LogP contribution in [0.3, 0.4) is 0 Å². The van der Waals surface area contributed by atoms with E-state index in [2.05, 4.69) is 25.5 Å². The quantitative estimate of drug-likeness (QED) is 0.375. The second-order valence-electron chi connectivity index (χ2n) is 9.05. The van der Waals surface area contributed by atoms with E-state index in [0.717, 1.165) is 27.6 Å². The monoisotopic (exact) mass is 489 g/mol. The van der Waals surface area contributed by atoms with Gasteiger partial charge in [-0.15, -0.1) is 0 Å². The summed E-state index contributed by atoms with van der Waals surface area (Å²) in [7, 11) is 0. The molecule has 9 heteroatoms. The third-order valence-electron chi connectivity index (χ3n) is 6.45. The summed E-state index contributed by atoms with van der Waals surface area (Å²) in [6, 6.07) is 21.0. The Balaban J connectivity index is 1.41. The second-order valence-corrected chi connectivity index (χ2v) is 9.05. The molecule has 3 aromatic carbocycles. The van der Waals surface area contributed by atoms with Crippen LogP contribution in [0.2, 0.25) is 0 Å². The van der Waals surface area contributed by atoms with Crippen molar-refractivity contribution < 1.29 is 4.79 Å². The lowest BCUT2D eigenvalue weighted by Crippen LogP contribution is -2.19. The number of fused-ring (bicyclic) bond motifs is 2. The number of H-pyrrole nitrogens is 1. The Morgan fingerprint density at radius 3 is 2.51 bits per heavy atom. The minimum atomic E-state index is -0.352. The summed E-state index contributed by atoms with van der Waals surface area (Å²) in [5.41, 5.74) is 4.26. The van der Waals surface area contributed by atoms with Crippen LogP contribution < -0.4 is 10.9 Å². The number of nitrogens with zero attached hydrogens (tertiary/aromatic N) is 5. The number of hydrogen-bond donors (Lipinski definition) is 2. The zero-order valence-electron chi connectivity index (χ0n) is 20.5. The molecule has 0 aliphatic rings.